The molecular weight excluding hydrogens is 280 g/mol. The number of imidazole rings is 1. The molecule has 2 aromatic heterocycles. The van der Waals surface area contributed by atoms with Gasteiger partial charge < -0.3 is 9.55 Å². The average Bonchev–Trinajstić information content (AvgIpc) is 2.66. The molecule has 2 heterocycles. The summed E-state index contributed by atoms with van der Waals surface area (Å²) in [5, 5.41) is 0.689. The lowest BCUT2D eigenvalue weighted by atomic mass is 10.3. The molecule has 0 amide bonds. The second-order valence-electron chi connectivity index (χ2n) is 4.27. The number of aromatic nitrogens is 4. The highest BCUT2D eigenvalue weighted by Gasteiger charge is 2.06. The lowest BCUT2D eigenvalue weighted by molar-refractivity contribution is 0.773. The first-order valence-corrected chi connectivity index (χ1v) is 6.59. The number of hydrogen-bond donors (Lipinski definition) is 1. The second kappa shape index (κ2) is 4.75. The fourth-order valence-corrected chi connectivity index (χ4v) is 2.48. The lowest BCUT2D eigenvalue weighted by Gasteiger charge is -2.04. The number of aryl methyl sites for hydroxylation is 1. The molecule has 4 nitrogen and oxygen atoms in total. The first-order chi connectivity index (χ1) is 9.13. The summed E-state index contributed by atoms with van der Waals surface area (Å²) < 4.78 is 2.65. The number of aromatic amines is 1. The van der Waals surface area contributed by atoms with Gasteiger partial charge in [-0.1, -0.05) is 11.6 Å². The van der Waals surface area contributed by atoms with E-state index in [1.54, 1.807) is 6.20 Å². The van der Waals surface area contributed by atoms with Crippen LogP contribution in [0.25, 0.3) is 11.0 Å². The van der Waals surface area contributed by atoms with Crippen molar-refractivity contribution in [2.75, 3.05) is 0 Å². The molecule has 0 atom stereocenters. The maximum Gasteiger partial charge on any atom is 0.178 e. The van der Waals surface area contributed by atoms with Crippen LogP contribution in [0.2, 0.25) is 5.02 Å². The van der Waals surface area contributed by atoms with Gasteiger partial charge in [0, 0.05) is 11.2 Å². The number of nitrogens with zero attached hydrogens (tertiary/aromatic N) is 3. The van der Waals surface area contributed by atoms with Gasteiger partial charge in [0.15, 0.2) is 4.77 Å². The van der Waals surface area contributed by atoms with Gasteiger partial charge in [0.1, 0.15) is 5.82 Å². The van der Waals surface area contributed by atoms with Crippen molar-refractivity contribution in [2.24, 2.45) is 0 Å². The summed E-state index contributed by atoms with van der Waals surface area (Å²) in [7, 11) is 0. The predicted molar refractivity (Wildman–Crippen MR) is 78.0 cm³/mol. The van der Waals surface area contributed by atoms with Crippen LogP contribution in [0.15, 0.2) is 30.5 Å². The van der Waals surface area contributed by atoms with Gasteiger partial charge in [-0.25, -0.2) is 9.97 Å². The Labute approximate surface area is 120 Å². The number of halogens is 1. The van der Waals surface area contributed by atoms with Crippen LogP contribution in [0.3, 0.4) is 0 Å². The quantitative estimate of drug-likeness (QED) is 0.735. The van der Waals surface area contributed by atoms with Crippen molar-refractivity contribution < 1.29 is 0 Å². The highest BCUT2D eigenvalue weighted by atomic mass is 35.5. The topological polar surface area (TPSA) is 46.5 Å². The van der Waals surface area contributed by atoms with Gasteiger partial charge in [-0.15, -0.1) is 0 Å². The fourth-order valence-electron chi connectivity index (χ4n) is 2.04. The van der Waals surface area contributed by atoms with Crippen molar-refractivity contribution in [1.29, 1.82) is 0 Å². The predicted octanol–water partition coefficient (Wildman–Crippen LogP) is 3.50. The van der Waals surface area contributed by atoms with Crippen LogP contribution >= 0.6 is 23.8 Å². The Kier molecular flexibility index (Phi) is 3.08. The normalized spacial score (nSPS) is 11.1. The molecule has 1 N–H and O–H groups in total. The van der Waals surface area contributed by atoms with Crippen molar-refractivity contribution >= 4 is 34.9 Å². The highest BCUT2D eigenvalue weighted by molar-refractivity contribution is 7.71. The molecule has 3 rings (SSSR count). The van der Waals surface area contributed by atoms with Crippen LogP contribution in [0.1, 0.15) is 11.5 Å². The van der Waals surface area contributed by atoms with Crippen LogP contribution in [-0.4, -0.2) is 19.5 Å². The molecule has 0 bridgehead atoms. The van der Waals surface area contributed by atoms with Gasteiger partial charge >= 0.3 is 0 Å². The molecule has 3 aromatic rings. The van der Waals surface area contributed by atoms with E-state index in [0.717, 1.165) is 22.6 Å². The summed E-state index contributed by atoms with van der Waals surface area (Å²) in [6.45, 7) is 2.47. The van der Waals surface area contributed by atoms with Gasteiger partial charge in [-0.3, -0.25) is 0 Å². The largest absolute Gasteiger partial charge is 0.331 e. The maximum atomic E-state index is 6.04. The minimum absolute atomic E-state index is 0.600. The van der Waals surface area contributed by atoms with Crippen LogP contribution < -0.4 is 0 Å². The van der Waals surface area contributed by atoms with E-state index in [1.165, 1.54) is 0 Å². The Morgan fingerprint density at radius 3 is 3.00 bits per heavy atom. The van der Waals surface area contributed by atoms with Crippen molar-refractivity contribution in [3.8, 4) is 0 Å². The molecule has 0 fully saturated rings. The molecule has 0 aliphatic heterocycles. The Morgan fingerprint density at radius 1 is 1.37 bits per heavy atom. The van der Waals surface area contributed by atoms with Gasteiger partial charge in [0.25, 0.3) is 0 Å². The SMILES string of the molecule is Cc1nccc(Cn2c(=S)[nH]c3ccc(Cl)cc32)n1. The van der Waals surface area contributed by atoms with E-state index in [1.807, 2.05) is 35.8 Å². The van der Waals surface area contributed by atoms with Gasteiger partial charge in [0.05, 0.1) is 23.3 Å². The summed E-state index contributed by atoms with van der Waals surface area (Å²) in [6, 6.07) is 7.55. The minimum atomic E-state index is 0.600. The van der Waals surface area contributed by atoms with Crippen LogP contribution in [0.5, 0.6) is 0 Å². The Hall–Kier alpha value is -1.72. The van der Waals surface area contributed by atoms with Gasteiger partial charge in [-0.05, 0) is 43.4 Å². The molecule has 1 aromatic carbocycles. The third-order valence-electron chi connectivity index (χ3n) is 2.89. The summed E-state index contributed by atoms with van der Waals surface area (Å²) in [5.74, 6) is 0.752. The molecule has 96 valence electrons. The maximum absolute atomic E-state index is 6.04. The van der Waals surface area contributed by atoms with Gasteiger partial charge in [0.2, 0.25) is 0 Å². The van der Waals surface area contributed by atoms with E-state index in [-0.39, 0.29) is 0 Å². The summed E-state index contributed by atoms with van der Waals surface area (Å²) in [6.07, 6.45) is 1.75. The molecule has 0 saturated heterocycles. The summed E-state index contributed by atoms with van der Waals surface area (Å²) in [4.78, 5) is 11.7. The van der Waals surface area contributed by atoms with E-state index >= 15 is 0 Å². The Morgan fingerprint density at radius 2 is 2.21 bits per heavy atom. The Bertz CT molecular complexity index is 806. The number of nitrogens with one attached hydrogen (secondary N) is 1. The molecule has 0 aliphatic carbocycles. The average molecular weight is 291 g/mol. The highest BCUT2D eigenvalue weighted by Crippen LogP contribution is 2.20. The molecule has 6 heteroatoms. The number of hydrogen-bond acceptors (Lipinski definition) is 3. The Balaban J connectivity index is 2.12. The number of H-pyrrole nitrogens is 1. The van der Waals surface area contributed by atoms with Crippen molar-refractivity contribution in [3.63, 3.8) is 0 Å². The van der Waals surface area contributed by atoms with Gasteiger partial charge in [-0.2, -0.15) is 0 Å². The molecule has 0 radical (unpaired) electrons. The van der Waals surface area contributed by atoms with E-state index in [2.05, 4.69) is 15.0 Å². The van der Waals surface area contributed by atoms with E-state index in [4.69, 9.17) is 23.8 Å². The third-order valence-corrected chi connectivity index (χ3v) is 3.45. The van der Waals surface area contributed by atoms with E-state index in [9.17, 15) is 0 Å². The number of fused-ring (bicyclic) bond motifs is 1. The molecule has 0 unspecified atom stereocenters. The first kappa shape index (κ1) is 12.3. The van der Waals surface area contributed by atoms with E-state index < -0.39 is 0 Å². The minimum Gasteiger partial charge on any atom is -0.331 e. The third kappa shape index (κ3) is 2.39. The molecule has 0 aliphatic rings. The monoisotopic (exact) mass is 290 g/mol. The first-order valence-electron chi connectivity index (χ1n) is 5.80. The number of benzene rings is 1. The standard InChI is InChI=1S/C13H11ClN4S/c1-8-15-5-4-10(16-8)7-18-12-6-9(14)2-3-11(12)17-13(18)19/h2-6H,7H2,1H3,(H,17,19). The molecule has 0 saturated carbocycles. The smallest absolute Gasteiger partial charge is 0.178 e. The van der Waals surface area contributed by atoms with E-state index in [0.29, 0.717) is 16.3 Å². The fraction of sp³-hybridized carbons (Fsp3) is 0.154. The summed E-state index contributed by atoms with van der Waals surface area (Å²) >= 11 is 11.4. The zero-order valence-corrected chi connectivity index (χ0v) is 11.8. The van der Waals surface area contributed by atoms with Crippen LogP contribution in [0, 0.1) is 11.7 Å². The van der Waals surface area contributed by atoms with Crippen molar-refractivity contribution in [2.45, 2.75) is 13.5 Å². The zero-order chi connectivity index (χ0) is 13.4. The van der Waals surface area contributed by atoms with Crippen LogP contribution in [0.4, 0.5) is 0 Å². The lowest BCUT2D eigenvalue weighted by Crippen LogP contribution is -2.03. The van der Waals surface area contributed by atoms with Crippen molar-refractivity contribution in [3.05, 3.63) is 51.8 Å². The molecular formula is C13H11ClN4S. The summed E-state index contributed by atoms with van der Waals surface area (Å²) in [5.41, 5.74) is 2.87. The zero-order valence-electron chi connectivity index (χ0n) is 10.2. The van der Waals surface area contributed by atoms with Crippen molar-refractivity contribution in [1.82, 2.24) is 19.5 Å². The second-order valence-corrected chi connectivity index (χ2v) is 5.10. The van der Waals surface area contributed by atoms with Crippen LogP contribution in [-0.2, 0) is 6.54 Å². The molecule has 19 heavy (non-hydrogen) atoms. The number of rotatable bonds is 2. The molecule has 0 spiro atoms.